The standard InChI is InChI=1S/C14H17N7OS/c1-7-17-13(23-21-7)19-9-6-16-11-10(18-9)8(5-15-11)12(22)20-14(2,3)4/h5-6H,1-4H3,(H,15,16)(H,20,22)(H,17,18,19,21). The second-order valence-electron chi connectivity index (χ2n) is 6.13. The molecule has 0 saturated heterocycles. The van der Waals surface area contributed by atoms with Crippen molar-refractivity contribution in [2.45, 2.75) is 33.2 Å². The maximum Gasteiger partial charge on any atom is 0.255 e. The predicted octanol–water partition coefficient (Wildman–Crippen LogP) is 2.39. The summed E-state index contributed by atoms with van der Waals surface area (Å²) in [7, 11) is 0. The van der Waals surface area contributed by atoms with Crippen LogP contribution in [0.3, 0.4) is 0 Å². The molecule has 3 N–H and O–H groups in total. The van der Waals surface area contributed by atoms with Crippen LogP contribution in [0.5, 0.6) is 0 Å². The van der Waals surface area contributed by atoms with Crippen molar-refractivity contribution >= 4 is 39.6 Å². The van der Waals surface area contributed by atoms with E-state index in [1.807, 2.05) is 27.7 Å². The number of carbonyl (C=O) groups excluding carboxylic acids is 1. The van der Waals surface area contributed by atoms with Gasteiger partial charge in [-0.3, -0.25) is 4.79 Å². The molecule has 120 valence electrons. The van der Waals surface area contributed by atoms with Gasteiger partial charge in [0.25, 0.3) is 5.91 Å². The number of hydrogen-bond donors (Lipinski definition) is 3. The summed E-state index contributed by atoms with van der Waals surface area (Å²) in [5.74, 6) is 1.01. The van der Waals surface area contributed by atoms with Gasteiger partial charge in [0.05, 0.1) is 11.8 Å². The summed E-state index contributed by atoms with van der Waals surface area (Å²) in [5, 5.41) is 6.60. The Kier molecular flexibility index (Phi) is 3.72. The Morgan fingerprint density at radius 2 is 2.09 bits per heavy atom. The highest BCUT2D eigenvalue weighted by atomic mass is 32.1. The minimum Gasteiger partial charge on any atom is -0.347 e. The highest BCUT2D eigenvalue weighted by Crippen LogP contribution is 2.20. The lowest BCUT2D eigenvalue weighted by Gasteiger charge is -2.19. The van der Waals surface area contributed by atoms with E-state index >= 15 is 0 Å². The van der Waals surface area contributed by atoms with E-state index in [9.17, 15) is 4.79 Å². The molecule has 0 aromatic carbocycles. The molecule has 3 aromatic rings. The zero-order valence-electron chi connectivity index (χ0n) is 13.3. The smallest absolute Gasteiger partial charge is 0.255 e. The van der Waals surface area contributed by atoms with E-state index in [1.165, 1.54) is 11.5 Å². The summed E-state index contributed by atoms with van der Waals surface area (Å²) in [4.78, 5) is 28.3. The fraction of sp³-hybridized carbons (Fsp3) is 0.357. The number of aromatic nitrogens is 5. The van der Waals surface area contributed by atoms with Crippen LogP contribution in [-0.4, -0.2) is 35.8 Å². The van der Waals surface area contributed by atoms with Crippen LogP contribution in [0, 0.1) is 6.92 Å². The molecular formula is C14H17N7OS. The van der Waals surface area contributed by atoms with Crippen molar-refractivity contribution in [2.24, 2.45) is 0 Å². The van der Waals surface area contributed by atoms with E-state index < -0.39 is 0 Å². The third kappa shape index (κ3) is 3.45. The zero-order valence-corrected chi connectivity index (χ0v) is 14.1. The number of nitrogens with zero attached hydrogens (tertiary/aromatic N) is 4. The van der Waals surface area contributed by atoms with Gasteiger partial charge in [0.1, 0.15) is 11.3 Å². The van der Waals surface area contributed by atoms with E-state index in [-0.39, 0.29) is 11.4 Å². The Morgan fingerprint density at radius 3 is 2.74 bits per heavy atom. The van der Waals surface area contributed by atoms with Crippen molar-refractivity contribution in [1.82, 2.24) is 29.6 Å². The van der Waals surface area contributed by atoms with Gasteiger partial charge in [-0.1, -0.05) is 0 Å². The number of amides is 1. The van der Waals surface area contributed by atoms with Crippen molar-refractivity contribution in [3.63, 3.8) is 0 Å². The van der Waals surface area contributed by atoms with Crippen LogP contribution >= 0.6 is 11.5 Å². The quantitative estimate of drug-likeness (QED) is 0.680. The normalized spacial score (nSPS) is 11.7. The maximum absolute atomic E-state index is 12.4. The van der Waals surface area contributed by atoms with E-state index in [0.29, 0.717) is 33.5 Å². The van der Waals surface area contributed by atoms with Crippen molar-refractivity contribution < 1.29 is 4.79 Å². The van der Waals surface area contributed by atoms with E-state index in [2.05, 4.69) is 34.9 Å². The van der Waals surface area contributed by atoms with Crippen LogP contribution in [0.25, 0.3) is 11.2 Å². The minimum atomic E-state index is -0.325. The first-order valence-corrected chi connectivity index (χ1v) is 7.83. The van der Waals surface area contributed by atoms with Gasteiger partial charge in [0, 0.05) is 23.3 Å². The van der Waals surface area contributed by atoms with Crippen LogP contribution in [-0.2, 0) is 0 Å². The molecule has 0 bridgehead atoms. The molecule has 0 spiro atoms. The summed E-state index contributed by atoms with van der Waals surface area (Å²) in [6.07, 6.45) is 3.20. The maximum atomic E-state index is 12.4. The van der Waals surface area contributed by atoms with Gasteiger partial charge < -0.3 is 15.6 Å². The summed E-state index contributed by atoms with van der Waals surface area (Å²) in [5.41, 5.74) is 1.20. The summed E-state index contributed by atoms with van der Waals surface area (Å²) in [6.45, 7) is 7.60. The largest absolute Gasteiger partial charge is 0.347 e. The Morgan fingerprint density at radius 1 is 1.30 bits per heavy atom. The first-order chi connectivity index (χ1) is 10.8. The van der Waals surface area contributed by atoms with Crippen LogP contribution in [0.2, 0.25) is 0 Å². The first-order valence-electron chi connectivity index (χ1n) is 7.06. The highest BCUT2D eigenvalue weighted by Gasteiger charge is 2.20. The van der Waals surface area contributed by atoms with Crippen LogP contribution in [0.15, 0.2) is 12.4 Å². The number of carbonyl (C=O) groups is 1. The molecular weight excluding hydrogens is 314 g/mol. The Labute approximate surface area is 136 Å². The average molecular weight is 331 g/mol. The summed E-state index contributed by atoms with van der Waals surface area (Å²) >= 11 is 1.24. The van der Waals surface area contributed by atoms with E-state index in [0.717, 1.165) is 0 Å². The fourth-order valence-electron chi connectivity index (χ4n) is 1.99. The van der Waals surface area contributed by atoms with Gasteiger partial charge in [-0.15, -0.1) is 0 Å². The molecule has 0 atom stereocenters. The molecule has 0 aliphatic carbocycles. The van der Waals surface area contributed by atoms with Gasteiger partial charge in [0.2, 0.25) is 5.13 Å². The third-order valence-corrected chi connectivity index (χ3v) is 3.60. The van der Waals surface area contributed by atoms with Gasteiger partial charge in [-0.25, -0.2) is 15.0 Å². The number of rotatable bonds is 3. The van der Waals surface area contributed by atoms with Crippen molar-refractivity contribution in [3.8, 4) is 0 Å². The molecule has 1 amide bonds. The molecule has 8 nitrogen and oxygen atoms in total. The van der Waals surface area contributed by atoms with E-state index in [1.54, 1.807) is 12.4 Å². The number of aromatic amines is 1. The van der Waals surface area contributed by atoms with Crippen LogP contribution in [0.1, 0.15) is 37.0 Å². The molecule has 0 fully saturated rings. The molecule has 0 aliphatic rings. The minimum absolute atomic E-state index is 0.193. The fourth-order valence-corrected chi connectivity index (χ4v) is 2.57. The Bertz CT molecular complexity index is 862. The highest BCUT2D eigenvalue weighted by molar-refractivity contribution is 7.09. The lowest BCUT2D eigenvalue weighted by atomic mass is 10.1. The lowest BCUT2D eigenvalue weighted by Crippen LogP contribution is -2.40. The number of aryl methyl sites for hydroxylation is 1. The third-order valence-electron chi connectivity index (χ3n) is 2.88. The molecule has 0 aliphatic heterocycles. The second-order valence-corrected chi connectivity index (χ2v) is 6.88. The Balaban J connectivity index is 1.92. The number of hydrogen-bond acceptors (Lipinski definition) is 7. The SMILES string of the molecule is Cc1nsc(Nc2cnc3[nH]cc(C(=O)NC(C)(C)C)c3n2)n1. The summed E-state index contributed by atoms with van der Waals surface area (Å²) in [6, 6.07) is 0. The van der Waals surface area contributed by atoms with Gasteiger partial charge >= 0.3 is 0 Å². The first kappa shape index (κ1) is 15.3. The topological polar surface area (TPSA) is 108 Å². The van der Waals surface area contributed by atoms with Crippen molar-refractivity contribution in [2.75, 3.05) is 5.32 Å². The predicted molar refractivity (Wildman–Crippen MR) is 89.0 cm³/mol. The van der Waals surface area contributed by atoms with Gasteiger partial charge in [-0.2, -0.15) is 4.37 Å². The van der Waals surface area contributed by atoms with Crippen LogP contribution in [0.4, 0.5) is 10.9 Å². The molecule has 9 heteroatoms. The van der Waals surface area contributed by atoms with Gasteiger partial charge in [-0.05, 0) is 27.7 Å². The van der Waals surface area contributed by atoms with Crippen molar-refractivity contribution in [3.05, 3.63) is 23.8 Å². The van der Waals surface area contributed by atoms with Crippen LogP contribution < -0.4 is 10.6 Å². The molecule has 3 aromatic heterocycles. The molecule has 23 heavy (non-hydrogen) atoms. The number of nitrogens with one attached hydrogen (secondary N) is 3. The van der Waals surface area contributed by atoms with Crippen molar-refractivity contribution in [1.29, 1.82) is 0 Å². The Hall–Kier alpha value is -2.55. The molecule has 3 rings (SSSR count). The zero-order chi connectivity index (χ0) is 16.6. The monoisotopic (exact) mass is 331 g/mol. The molecule has 0 saturated carbocycles. The summed E-state index contributed by atoms with van der Waals surface area (Å²) < 4.78 is 4.10. The van der Waals surface area contributed by atoms with E-state index in [4.69, 9.17) is 0 Å². The number of fused-ring (bicyclic) bond motifs is 1. The number of anilines is 2. The lowest BCUT2D eigenvalue weighted by molar-refractivity contribution is 0.0921. The number of H-pyrrole nitrogens is 1. The molecule has 0 radical (unpaired) electrons. The van der Waals surface area contributed by atoms with Gasteiger partial charge in [0.15, 0.2) is 11.5 Å². The molecule has 0 unspecified atom stereocenters. The molecule has 3 heterocycles. The average Bonchev–Trinajstić information content (AvgIpc) is 3.03. The second kappa shape index (κ2) is 5.58.